The SMILES string of the molecule is COc1nccnc1C(NN)c1ccc(C)o1. The Morgan fingerprint density at radius 3 is 2.71 bits per heavy atom. The minimum Gasteiger partial charge on any atom is -0.480 e. The first-order chi connectivity index (χ1) is 8.26. The van der Waals surface area contributed by atoms with E-state index in [2.05, 4.69) is 15.4 Å². The van der Waals surface area contributed by atoms with Gasteiger partial charge in [0.15, 0.2) is 0 Å². The van der Waals surface area contributed by atoms with E-state index in [0.29, 0.717) is 17.3 Å². The minimum absolute atomic E-state index is 0.382. The standard InChI is InChI=1S/C11H14N4O2/c1-7-3-4-8(17-7)9(15-12)10-11(16-2)14-6-5-13-10/h3-6,9,15H,12H2,1-2H3. The molecule has 2 rings (SSSR count). The van der Waals surface area contributed by atoms with Gasteiger partial charge < -0.3 is 9.15 Å². The Bertz CT molecular complexity index is 498. The average Bonchev–Trinajstić information content (AvgIpc) is 2.77. The van der Waals surface area contributed by atoms with Crippen LogP contribution in [0.2, 0.25) is 0 Å². The summed E-state index contributed by atoms with van der Waals surface area (Å²) in [5, 5.41) is 0. The summed E-state index contributed by atoms with van der Waals surface area (Å²) in [6, 6.07) is 3.32. The van der Waals surface area contributed by atoms with Crippen LogP contribution in [0.4, 0.5) is 0 Å². The Morgan fingerprint density at radius 1 is 1.35 bits per heavy atom. The molecule has 1 unspecified atom stereocenters. The molecule has 2 heterocycles. The summed E-state index contributed by atoms with van der Waals surface area (Å²) < 4.78 is 10.7. The van der Waals surface area contributed by atoms with Crippen LogP contribution in [-0.2, 0) is 0 Å². The molecule has 0 saturated carbocycles. The number of aryl methyl sites for hydroxylation is 1. The van der Waals surface area contributed by atoms with Crippen LogP contribution in [-0.4, -0.2) is 17.1 Å². The van der Waals surface area contributed by atoms with Gasteiger partial charge in [-0.25, -0.2) is 10.4 Å². The monoisotopic (exact) mass is 234 g/mol. The van der Waals surface area contributed by atoms with Crippen molar-refractivity contribution in [1.82, 2.24) is 15.4 Å². The minimum atomic E-state index is -0.382. The molecule has 6 nitrogen and oxygen atoms in total. The van der Waals surface area contributed by atoms with Crippen LogP contribution in [0.3, 0.4) is 0 Å². The van der Waals surface area contributed by atoms with Gasteiger partial charge in [-0.15, -0.1) is 0 Å². The number of hydrogen-bond acceptors (Lipinski definition) is 6. The van der Waals surface area contributed by atoms with Crippen LogP contribution in [0.25, 0.3) is 0 Å². The van der Waals surface area contributed by atoms with Gasteiger partial charge >= 0.3 is 0 Å². The highest BCUT2D eigenvalue weighted by molar-refractivity contribution is 5.28. The van der Waals surface area contributed by atoms with Gasteiger partial charge in [0.05, 0.1) is 7.11 Å². The predicted molar refractivity (Wildman–Crippen MR) is 61.2 cm³/mol. The molecule has 0 aromatic carbocycles. The van der Waals surface area contributed by atoms with Gasteiger partial charge in [-0.1, -0.05) is 0 Å². The van der Waals surface area contributed by atoms with E-state index in [1.54, 1.807) is 12.4 Å². The van der Waals surface area contributed by atoms with Crippen LogP contribution in [0, 0.1) is 6.92 Å². The molecule has 1 atom stereocenters. The number of aromatic nitrogens is 2. The van der Waals surface area contributed by atoms with E-state index >= 15 is 0 Å². The lowest BCUT2D eigenvalue weighted by Crippen LogP contribution is -2.29. The van der Waals surface area contributed by atoms with Crippen molar-refractivity contribution in [3.8, 4) is 5.88 Å². The van der Waals surface area contributed by atoms with Gasteiger partial charge in [0.25, 0.3) is 0 Å². The second kappa shape index (κ2) is 4.94. The summed E-state index contributed by atoms with van der Waals surface area (Å²) in [7, 11) is 1.54. The first kappa shape index (κ1) is 11.6. The normalized spacial score (nSPS) is 12.4. The number of methoxy groups -OCH3 is 1. The lowest BCUT2D eigenvalue weighted by molar-refractivity contribution is 0.371. The topological polar surface area (TPSA) is 86.2 Å². The average molecular weight is 234 g/mol. The molecular formula is C11H14N4O2. The molecule has 3 N–H and O–H groups in total. The first-order valence-electron chi connectivity index (χ1n) is 5.13. The van der Waals surface area contributed by atoms with E-state index in [9.17, 15) is 0 Å². The maximum atomic E-state index is 5.54. The van der Waals surface area contributed by atoms with Crippen molar-refractivity contribution in [2.24, 2.45) is 5.84 Å². The molecule has 17 heavy (non-hydrogen) atoms. The van der Waals surface area contributed by atoms with Crippen LogP contribution in [0.5, 0.6) is 5.88 Å². The fraction of sp³-hybridized carbons (Fsp3) is 0.273. The fourth-order valence-electron chi connectivity index (χ4n) is 1.60. The van der Waals surface area contributed by atoms with Crippen molar-refractivity contribution in [3.05, 3.63) is 41.7 Å². The third-order valence-electron chi connectivity index (χ3n) is 2.37. The molecule has 0 saturated heterocycles. The molecule has 0 bridgehead atoms. The summed E-state index contributed by atoms with van der Waals surface area (Å²) in [6.07, 6.45) is 3.14. The molecule has 0 amide bonds. The van der Waals surface area contributed by atoms with Gasteiger partial charge in [-0.3, -0.25) is 10.8 Å². The maximum Gasteiger partial charge on any atom is 0.237 e. The van der Waals surface area contributed by atoms with Crippen molar-refractivity contribution < 1.29 is 9.15 Å². The Kier molecular flexibility index (Phi) is 3.36. The summed E-state index contributed by atoms with van der Waals surface area (Å²) in [6.45, 7) is 1.87. The number of nitrogens with two attached hydrogens (primary N) is 1. The zero-order valence-electron chi connectivity index (χ0n) is 9.68. The third-order valence-corrected chi connectivity index (χ3v) is 2.37. The Labute approximate surface area is 98.8 Å². The summed E-state index contributed by atoms with van der Waals surface area (Å²) >= 11 is 0. The lowest BCUT2D eigenvalue weighted by atomic mass is 10.1. The molecule has 2 aromatic rings. The highest BCUT2D eigenvalue weighted by Gasteiger charge is 2.22. The van der Waals surface area contributed by atoms with E-state index < -0.39 is 0 Å². The molecule has 90 valence electrons. The highest BCUT2D eigenvalue weighted by atomic mass is 16.5. The quantitative estimate of drug-likeness (QED) is 0.604. The van der Waals surface area contributed by atoms with Crippen LogP contribution in [0.15, 0.2) is 28.9 Å². The molecule has 6 heteroatoms. The zero-order chi connectivity index (χ0) is 12.3. The van der Waals surface area contributed by atoms with Gasteiger partial charge in [0.2, 0.25) is 5.88 Å². The predicted octanol–water partition coefficient (Wildman–Crippen LogP) is 0.939. The van der Waals surface area contributed by atoms with Crippen molar-refractivity contribution in [2.45, 2.75) is 13.0 Å². The first-order valence-corrected chi connectivity index (χ1v) is 5.13. The van der Waals surface area contributed by atoms with Crippen LogP contribution >= 0.6 is 0 Å². The Hall–Kier alpha value is -1.92. The van der Waals surface area contributed by atoms with Crippen molar-refractivity contribution >= 4 is 0 Å². The molecule has 2 aromatic heterocycles. The van der Waals surface area contributed by atoms with Crippen LogP contribution < -0.4 is 16.0 Å². The molecule has 0 spiro atoms. The van der Waals surface area contributed by atoms with E-state index in [4.69, 9.17) is 15.0 Å². The van der Waals surface area contributed by atoms with Crippen LogP contribution in [0.1, 0.15) is 23.3 Å². The van der Waals surface area contributed by atoms with Gasteiger partial charge in [-0.05, 0) is 19.1 Å². The Morgan fingerprint density at radius 2 is 2.12 bits per heavy atom. The van der Waals surface area contributed by atoms with Crippen molar-refractivity contribution in [3.63, 3.8) is 0 Å². The molecule has 0 aliphatic rings. The summed E-state index contributed by atoms with van der Waals surface area (Å²) in [4.78, 5) is 8.29. The largest absolute Gasteiger partial charge is 0.480 e. The van der Waals surface area contributed by atoms with Gasteiger partial charge in [0.1, 0.15) is 23.3 Å². The van der Waals surface area contributed by atoms with Crippen molar-refractivity contribution in [2.75, 3.05) is 7.11 Å². The molecule has 0 aliphatic carbocycles. The van der Waals surface area contributed by atoms with E-state index in [0.717, 1.165) is 5.76 Å². The fourth-order valence-corrected chi connectivity index (χ4v) is 1.60. The highest BCUT2D eigenvalue weighted by Crippen LogP contribution is 2.26. The summed E-state index contributed by atoms with van der Waals surface area (Å²) in [5.74, 6) is 7.44. The number of hydrazine groups is 1. The molecular weight excluding hydrogens is 220 g/mol. The zero-order valence-corrected chi connectivity index (χ0v) is 9.68. The molecule has 0 aliphatic heterocycles. The lowest BCUT2D eigenvalue weighted by Gasteiger charge is -2.14. The number of hydrogen-bond donors (Lipinski definition) is 2. The second-order valence-corrected chi connectivity index (χ2v) is 3.50. The number of furan rings is 1. The summed E-state index contributed by atoms with van der Waals surface area (Å²) in [5.41, 5.74) is 3.24. The van der Waals surface area contributed by atoms with E-state index in [-0.39, 0.29) is 6.04 Å². The third kappa shape index (κ3) is 2.27. The van der Waals surface area contributed by atoms with E-state index in [1.807, 2.05) is 19.1 Å². The smallest absolute Gasteiger partial charge is 0.237 e. The number of ether oxygens (including phenoxy) is 1. The molecule has 0 radical (unpaired) electrons. The number of nitrogens with one attached hydrogen (secondary N) is 1. The van der Waals surface area contributed by atoms with Crippen molar-refractivity contribution in [1.29, 1.82) is 0 Å². The van der Waals surface area contributed by atoms with Gasteiger partial charge in [0, 0.05) is 12.4 Å². The number of rotatable bonds is 4. The molecule has 0 fully saturated rings. The Balaban J connectivity index is 2.41. The number of nitrogens with zero attached hydrogens (tertiary/aromatic N) is 2. The van der Waals surface area contributed by atoms with Gasteiger partial charge in [-0.2, -0.15) is 0 Å². The second-order valence-electron chi connectivity index (χ2n) is 3.50. The van der Waals surface area contributed by atoms with E-state index in [1.165, 1.54) is 7.11 Å². The maximum absolute atomic E-state index is 5.54.